The van der Waals surface area contributed by atoms with E-state index in [0.717, 1.165) is 49.5 Å². The minimum atomic E-state index is -0.152. The summed E-state index contributed by atoms with van der Waals surface area (Å²) < 4.78 is 0. The smallest absolute Gasteiger partial charge is 0.231 e. The number of carbonyl (C=O) groups is 1. The van der Waals surface area contributed by atoms with Crippen LogP contribution < -0.4 is 15.1 Å². The molecule has 1 atom stereocenters. The van der Waals surface area contributed by atoms with Crippen LogP contribution in [0.15, 0.2) is 73.1 Å². The first-order valence-corrected chi connectivity index (χ1v) is 11.0. The number of aromatic nitrogens is 1. The maximum atomic E-state index is 13.1. The Morgan fingerprint density at radius 1 is 0.935 bits per heavy atom. The third-order valence-electron chi connectivity index (χ3n) is 6.04. The van der Waals surface area contributed by atoms with Crippen molar-refractivity contribution in [1.82, 2.24) is 4.98 Å². The Kier molecular flexibility index (Phi) is 6.51. The van der Waals surface area contributed by atoms with Crippen molar-refractivity contribution in [3.8, 4) is 0 Å². The second kappa shape index (κ2) is 9.65. The standard InChI is InChI=1S/C26H30N4O/c1-3-22(21-9-5-4-6-10-21)26(31)28-23-11-7-8-12-25(23)30-17-15-29(16-18-30)24-13-14-27-19-20(24)2/h4-14,19,22H,3,15-18H2,1-2H3,(H,28,31)/t22-/m0/s1. The van der Waals surface area contributed by atoms with Crippen LogP contribution in [0.25, 0.3) is 0 Å². The lowest BCUT2D eigenvalue weighted by atomic mass is 9.95. The number of nitrogens with one attached hydrogen (secondary N) is 1. The number of hydrogen-bond donors (Lipinski definition) is 1. The monoisotopic (exact) mass is 414 g/mol. The SMILES string of the molecule is CC[C@H](C(=O)Nc1ccccc1N1CCN(c2ccncc2C)CC1)c1ccccc1. The maximum absolute atomic E-state index is 13.1. The van der Waals surface area contributed by atoms with Crippen molar-refractivity contribution in [2.75, 3.05) is 41.3 Å². The number of amides is 1. The van der Waals surface area contributed by atoms with Gasteiger partial charge in [0.15, 0.2) is 0 Å². The quantitative estimate of drug-likeness (QED) is 0.626. The van der Waals surface area contributed by atoms with E-state index < -0.39 is 0 Å². The van der Waals surface area contributed by atoms with Gasteiger partial charge >= 0.3 is 0 Å². The van der Waals surface area contributed by atoms with Crippen LogP contribution in [0.3, 0.4) is 0 Å². The fraction of sp³-hybridized carbons (Fsp3) is 0.308. The molecule has 0 unspecified atom stereocenters. The molecule has 1 saturated heterocycles. The van der Waals surface area contributed by atoms with E-state index in [4.69, 9.17) is 0 Å². The highest BCUT2D eigenvalue weighted by atomic mass is 16.1. The fourth-order valence-electron chi connectivity index (χ4n) is 4.34. The zero-order chi connectivity index (χ0) is 21.6. The number of anilines is 3. The van der Waals surface area contributed by atoms with Crippen LogP contribution in [0, 0.1) is 6.92 Å². The first-order valence-electron chi connectivity index (χ1n) is 11.0. The highest BCUT2D eigenvalue weighted by molar-refractivity contribution is 5.98. The molecule has 31 heavy (non-hydrogen) atoms. The summed E-state index contributed by atoms with van der Waals surface area (Å²) in [5.41, 5.74) is 5.49. The number of hydrogen-bond acceptors (Lipinski definition) is 4. The first kappa shape index (κ1) is 20.9. The van der Waals surface area contributed by atoms with Crippen LogP contribution in [-0.4, -0.2) is 37.1 Å². The molecule has 1 fully saturated rings. The molecule has 1 amide bonds. The number of benzene rings is 2. The minimum Gasteiger partial charge on any atom is -0.368 e. The first-order chi connectivity index (χ1) is 15.2. The molecule has 0 spiro atoms. The van der Waals surface area contributed by atoms with Crippen molar-refractivity contribution in [3.63, 3.8) is 0 Å². The predicted octanol–water partition coefficient (Wildman–Crippen LogP) is 4.85. The van der Waals surface area contributed by atoms with E-state index >= 15 is 0 Å². The van der Waals surface area contributed by atoms with Crippen LogP contribution in [0.4, 0.5) is 17.1 Å². The molecule has 160 valence electrons. The van der Waals surface area contributed by atoms with Crippen LogP contribution in [0.5, 0.6) is 0 Å². The van der Waals surface area contributed by atoms with Gasteiger partial charge in [0, 0.05) is 44.3 Å². The highest BCUT2D eigenvalue weighted by Crippen LogP contribution is 2.30. The zero-order valence-corrected chi connectivity index (χ0v) is 18.3. The number of para-hydroxylation sites is 2. The number of nitrogens with zero attached hydrogens (tertiary/aromatic N) is 3. The van der Waals surface area contributed by atoms with E-state index in [1.807, 2.05) is 60.9 Å². The Balaban J connectivity index is 1.47. The van der Waals surface area contributed by atoms with Gasteiger partial charge < -0.3 is 15.1 Å². The summed E-state index contributed by atoms with van der Waals surface area (Å²) in [4.78, 5) is 22.1. The Hall–Kier alpha value is -3.34. The van der Waals surface area contributed by atoms with E-state index in [9.17, 15) is 4.79 Å². The van der Waals surface area contributed by atoms with Gasteiger partial charge in [0.2, 0.25) is 5.91 Å². The van der Waals surface area contributed by atoms with Crippen LogP contribution in [0.2, 0.25) is 0 Å². The Morgan fingerprint density at radius 2 is 1.58 bits per heavy atom. The van der Waals surface area contributed by atoms with Gasteiger partial charge in [-0.1, -0.05) is 49.4 Å². The molecule has 2 aromatic carbocycles. The van der Waals surface area contributed by atoms with Crippen molar-refractivity contribution < 1.29 is 4.79 Å². The summed E-state index contributed by atoms with van der Waals surface area (Å²) >= 11 is 0. The summed E-state index contributed by atoms with van der Waals surface area (Å²) in [7, 11) is 0. The molecule has 0 bridgehead atoms. The Morgan fingerprint density at radius 3 is 2.26 bits per heavy atom. The molecule has 0 aliphatic carbocycles. The van der Waals surface area contributed by atoms with E-state index in [1.165, 1.54) is 11.3 Å². The molecule has 3 aromatic rings. The topological polar surface area (TPSA) is 48.5 Å². The third kappa shape index (κ3) is 4.71. The number of rotatable bonds is 6. The lowest BCUT2D eigenvalue weighted by Gasteiger charge is -2.38. The number of piperazine rings is 1. The maximum Gasteiger partial charge on any atom is 0.231 e. The summed E-state index contributed by atoms with van der Waals surface area (Å²) in [5, 5.41) is 3.21. The summed E-state index contributed by atoms with van der Waals surface area (Å²) in [6, 6.07) is 20.2. The lowest BCUT2D eigenvalue weighted by molar-refractivity contribution is -0.117. The second-order valence-corrected chi connectivity index (χ2v) is 8.01. The van der Waals surface area contributed by atoms with Crippen molar-refractivity contribution in [1.29, 1.82) is 0 Å². The lowest BCUT2D eigenvalue weighted by Crippen LogP contribution is -2.47. The molecule has 5 heteroatoms. The molecule has 0 radical (unpaired) electrons. The summed E-state index contributed by atoms with van der Waals surface area (Å²) in [6.45, 7) is 7.86. The van der Waals surface area contributed by atoms with Gasteiger partial charge in [0.05, 0.1) is 17.3 Å². The van der Waals surface area contributed by atoms with Gasteiger partial charge in [-0.15, -0.1) is 0 Å². The number of carbonyl (C=O) groups excluding carboxylic acids is 1. The second-order valence-electron chi connectivity index (χ2n) is 8.01. The van der Waals surface area contributed by atoms with E-state index in [-0.39, 0.29) is 11.8 Å². The predicted molar refractivity (Wildman–Crippen MR) is 128 cm³/mol. The van der Waals surface area contributed by atoms with Gasteiger partial charge in [0.25, 0.3) is 0 Å². The third-order valence-corrected chi connectivity index (χ3v) is 6.04. The van der Waals surface area contributed by atoms with Gasteiger partial charge in [-0.25, -0.2) is 0 Å². The van der Waals surface area contributed by atoms with Crippen LogP contribution in [0.1, 0.15) is 30.4 Å². The molecular weight excluding hydrogens is 384 g/mol. The molecule has 1 aromatic heterocycles. The number of pyridine rings is 1. The van der Waals surface area contributed by atoms with Gasteiger partial charge in [-0.05, 0) is 42.7 Å². The van der Waals surface area contributed by atoms with Crippen molar-refractivity contribution in [3.05, 3.63) is 84.2 Å². The molecule has 4 rings (SSSR count). The molecule has 1 N–H and O–H groups in total. The van der Waals surface area contributed by atoms with Gasteiger partial charge in [0.1, 0.15) is 0 Å². The van der Waals surface area contributed by atoms with E-state index in [1.54, 1.807) is 0 Å². The van der Waals surface area contributed by atoms with Crippen molar-refractivity contribution >= 4 is 23.0 Å². The number of aryl methyl sites for hydroxylation is 1. The largest absolute Gasteiger partial charge is 0.368 e. The normalized spacial score (nSPS) is 14.9. The average molecular weight is 415 g/mol. The van der Waals surface area contributed by atoms with Crippen molar-refractivity contribution in [2.45, 2.75) is 26.2 Å². The minimum absolute atomic E-state index is 0.0483. The average Bonchev–Trinajstić information content (AvgIpc) is 2.81. The van der Waals surface area contributed by atoms with Crippen molar-refractivity contribution in [2.24, 2.45) is 0 Å². The van der Waals surface area contributed by atoms with Gasteiger partial charge in [-0.2, -0.15) is 0 Å². The molecule has 2 heterocycles. The van der Waals surface area contributed by atoms with Crippen LogP contribution >= 0.6 is 0 Å². The molecule has 0 saturated carbocycles. The van der Waals surface area contributed by atoms with Gasteiger partial charge in [-0.3, -0.25) is 9.78 Å². The summed E-state index contributed by atoms with van der Waals surface area (Å²) in [6.07, 6.45) is 4.54. The summed E-state index contributed by atoms with van der Waals surface area (Å²) in [5.74, 6) is -0.104. The molecule has 1 aliphatic heterocycles. The Labute approximate surface area is 184 Å². The van der Waals surface area contributed by atoms with E-state index in [2.05, 4.69) is 46.1 Å². The van der Waals surface area contributed by atoms with E-state index in [0.29, 0.717) is 0 Å². The Bertz CT molecular complexity index is 1010. The fourth-order valence-corrected chi connectivity index (χ4v) is 4.34. The highest BCUT2D eigenvalue weighted by Gasteiger charge is 2.23. The van der Waals surface area contributed by atoms with Crippen LogP contribution in [-0.2, 0) is 4.79 Å². The molecule has 1 aliphatic rings. The molecular formula is C26H30N4O. The molecule has 5 nitrogen and oxygen atoms in total. The zero-order valence-electron chi connectivity index (χ0n) is 18.3.